The lowest BCUT2D eigenvalue weighted by molar-refractivity contribution is 0.688. The number of nitrogens with zero attached hydrogens (tertiary/aromatic N) is 2. The van der Waals surface area contributed by atoms with Gasteiger partial charge in [-0.1, -0.05) is 19.1 Å². The average molecular weight is 230 g/mol. The molecule has 0 aliphatic rings. The van der Waals surface area contributed by atoms with E-state index in [-0.39, 0.29) is 0 Å². The zero-order valence-electron chi connectivity index (χ0n) is 10.1. The van der Waals surface area contributed by atoms with Crippen LogP contribution in [-0.2, 0) is 0 Å². The molecule has 0 amide bonds. The van der Waals surface area contributed by atoms with E-state index < -0.39 is 0 Å². The third-order valence-corrected chi connectivity index (χ3v) is 2.54. The zero-order chi connectivity index (χ0) is 11.9. The lowest BCUT2D eigenvalue weighted by atomic mass is 10.3. The minimum atomic E-state index is 0.847. The van der Waals surface area contributed by atoms with E-state index in [9.17, 15) is 0 Å². The number of nitrogens with one attached hydrogen (secondary N) is 2. The molecule has 0 radical (unpaired) electrons. The smallest absolute Gasteiger partial charge is 0.145 e. The molecule has 90 valence electrons. The Bertz CT molecular complexity index is 470. The first-order valence-corrected chi connectivity index (χ1v) is 6.06. The van der Waals surface area contributed by atoms with E-state index in [2.05, 4.69) is 27.5 Å². The van der Waals surface area contributed by atoms with Gasteiger partial charge >= 0.3 is 0 Å². The van der Waals surface area contributed by atoms with Crippen LogP contribution in [0, 0.1) is 0 Å². The van der Waals surface area contributed by atoms with E-state index in [0.717, 1.165) is 42.9 Å². The summed E-state index contributed by atoms with van der Waals surface area (Å²) < 4.78 is 0. The summed E-state index contributed by atoms with van der Waals surface area (Å²) in [5.74, 6) is 0.847. The molecule has 0 aliphatic heterocycles. The molecule has 2 rings (SSSR count). The Morgan fingerprint density at radius 2 is 1.94 bits per heavy atom. The van der Waals surface area contributed by atoms with Crippen molar-refractivity contribution in [3.05, 3.63) is 30.5 Å². The van der Waals surface area contributed by atoms with Crippen molar-refractivity contribution in [3.8, 4) is 0 Å². The third kappa shape index (κ3) is 3.39. The molecule has 0 aliphatic carbocycles. The number of anilines is 1. The molecule has 4 heteroatoms. The van der Waals surface area contributed by atoms with Crippen LogP contribution in [0.5, 0.6) is 0 Å². The predicted octanol–water partition coefficient (Wildman–Crippen LogP) is 2.04. The van der Waals surface area contributed by atoms with Crippen LogP contribution >= 0.6 is 0 Å². The molecule has 17 heavy (non-hydrogen) atoms. The van der Waals surface area contributed by atoms with E-state index in [1.54, 1.807) is 6.20 Å². The molecule has 2 N–H and O–H groups in total. The summed E-state index contributed by atoms with van der Waals surface area (Å²) in [6, 6.07) is 7.90. The second kappa shape index (κ2) is 6.15. The molecule has 1 heterocycles. The van der Waals surface area contributed by atoms with E-state index in [1.165, 1.54) is 0 Å². The monoisotopic (exact) mass is 230 g/mol. The van der Waals surface area contributed by atoms with Crippen molar-refractivity contribution in [3.63, 3.8) is 0 Å². The molecule has 0 unspecified atom stereocenters. The summed E-state index contributed by atoms with van der Waals surface area (Å²) in [4.78, 5) is 8.85. The standard InChI is InChI=1S/C13H18N4/c1-2-14-8-5-9-15-13-10-16-11-6-3-4-7-12(11)17-13/h3-4,6-7,10,14H,2,5,8-9H2,1H3,(H,15,17). The van der Waals surface area contributed by atoms with Crippen molar-refractivity contribution in [1.82, 2.24) is 15.3 Å². The first-order valence-electron chi connectivity index (χ1n) is 6.06. The van der Waals surface area contributed by atoms with Crippen LogP contribution < -0.4 is 10.6 Å². The fourth-order valence-corrected chi connectivity index (χ4v) is 1.65. The van der Waals surface area contributed by atoms with Crippen LogP contribution in [0.1, 0.15) is 13.3 Å². The number of para-hydroxylation sites is 2. The quantitative estimate of drug-likeness (QED) is 0.746. The minimum Gasteiger partial charge on any atom is -0.369 e. The SMILES string of the molecule is CCNCCCNc1cnc2ccccc2n1. The fraction of sp³-hybridized carbons (Fsp3) is 0.385. The number of rotatable bonds is 6. The molecule has 0 atom stereocenters. The van der Waals surface area contributed by atoms with Crippen LogP contribution in [0.15, 0.2) is 30.5 Å². The van der Waals surface area contributed by atoms with Crippen LogP contribution in [-0.4, -0.2) is 29.6 Å². The predicted molar refractivity (Wildman–Crippen MR) is 71.2 cm³/mol. The van der Waals surface area contributed by atoms with Gasteiger partial charge in [-0.15, -0.1) is 0 Å². The van der Waals surface area contributed by atoms with Crippen LogP contribution in [0.3, 0.4) is 0 Å². The molecule has 2 aromatic rings. The Labute approximate surface area is 101 Å². The van der Waals surface area contributed by atoms with Crippen LogP contribution in [0.2, 0.25) is 0 Å². The minimum absolute atomic E-state index is 0.847. The van der Waals surface area contributed by atoms with Crippen LogP contribution in [0.25, 0.3) is 11.0 Å². The number of fused-ring (bicyclic) bond motifs is 1. The summed E-state index contributed by atoms with van der Waals surface area (Å²) >= 11 is 0. The van der Waals surface area contributed by atoms with E-state index in [1.807, 2.05) is 24.3 Å². The topological polar surface area (TPSA) is 49.8 Å². The van der Waals surface area contributed by atoms with Gasteiger partial charge in [0.15, 0.2) is 0 Å². The number of hydrogen-bond acceptors (Lipinski definition) is 4. The molecular formula is C13H18N4. The molecule has 0 spiro atoms. The lowest BCUT2D eigenvalue weighted by Crippen LogP contribution is -2.17. The molecular weight excluding hydrogens is 212 g/mol. The molecule has 0 fully saturated rings. The van der Waals surface area contributed by atoms with Gasteiger partial charge in [0, 0.05) is 6.54 Å². The maximum atomic E-state index is 4.50. The number of aromatic nitrogens is 2. The maximum Gasteiger partial charge on any atom is 0.145 e. The van der Waals surface area contributed by atoms with Crippen molar-refractivity contribution < 1.29 is 0 Å². The second-order valence-corrected chi connectivity index (χ2v) is 3.88. The van der Waals surface area contributed by atoms with Gasteiger partial charge in [-0.25, -0.2) is 4.98 Å². The first kappa shape index (κ1) is 11.8. The second-order valence-electron chi connectivity index (χ2n) is 3.88. The van der Waals surface area contributed by atoms with Gasteiger partial charge in [0.25, 0.3) is 0 Å². The van der Waals surface area contributed by atoms with Gasteiger partial charge in [-0.3, -0.25) is 4.98 Å². The lowest BCUT2D eigenvalue weighted by Gasteiger charge is -2.06. The normalized spacial score (nSPS) is 10.6. The summed E-state index contributed by atoms with van der Waals surface area (Å²) in [6.45, 7) is 5.09. The van der Waals surface area contributed by atoms with Crippen molar-refractivity contribution in [1.29, 1.82) is 0 Å². The Morgan fingerprint density at radius 1 is 1.12 bits per heavy atom. The van der Waals surface area contributed by atoms with Crippen molar-refractivity contribution in [2.75, 3.05) is 25.0 Å². The van der Waals surface area contributed by atoms with Crippen molar-refractivity contribution >= 4 is 16.9 Å². The molecule has 1 aromatic heterocycles. The molecule has 0 saturated carbocycles. The van der Waals surface area contributed by atoms with Gasteiger partial charge in [0.05, 0.1) is 17.2 Å². The Hall–Kier alpha value is -1.68. The van der Waals surface area contributed by atoms with Crippen molar-refractivity contribution in [2.24, 2.45) is 0 Å². The first-order chi connectivity index (χ1) is 8.40. The highest BCUT2D eigenvalue weighted by atomic mass is 15.0. The molecule has 0 saturated heterocycles. The largest absolute Gasteiger partial charge is 0.369 e. The van der Waals surface area contributed by atoms with Gasteiger partial charge in [0.1, 0.15) is 5.82 Å². The van der Waals surface area contributed by atoms with E-state index in [4.69, 9.17) is 0 Å². The fourth-order valence-electron chi connectivity index (χ4n) is 1.65. The summed E-state index contributed by atoms with van der Waals surface area (Å²) in [7, 11) is 0. The third-order valence-electron chi connectivity index (χ3n) is 2.54. The highest BCUT2D eigenvalue weighted by Crippen LogP contribution is 2.10. The molecule has 1 aromatic carbocycles. The van der Waals surface area contributed by atoms with Gasteiger partial charge < -0.3 is 10.6 Å². The average Bonchev–Trinajstić information content (AvgIpc) is 2.38. The van der Waals surface area contributed by atoms with Gasteiger partial charge in [-0.2, -0.15) is 0 Å². The molecule has 4 nitrogen and oxygen atoms in total. The summed E-state index contributed by atoms with van der Waals surface area (Å²) in [6.07, 6.45) is 2.87. The van der Waals surface area contributed by atoms with E-state index in [0.29, 0.717) is 0 Å². The molecule has 0 bridgehead atoms. The Kier molecular flexibility index (Phi) is 4.27. The van der Waals surface area contributed by atoms with E-state index >= 15 is 0 Å². The van der Waals surface area contributed by atoms with Gasteiger partial charge in [0.2, 0.25) is 0 Å². The van der Waals surface area contributed by atoms with Crippen molar-refractivity contribution in [2.45, 2.75) is 13.3 Å². The highest BCUT2D eigenvalue weighted by molar-refractivity contribution is 5.75. The number of benzene rings is 1. The Morgan fingerprint density at radius 3 is 2.76 bits per heavy atom. The Balaban J connectivity index is 1.90. The van der Waals surface area contributed by atoms with Crippen LogP contribution in [0.4, 0.5) is 5.82 Å². The number of hydrogen-bond donors (Lipinski definition) is 2. The summed E-state index contributed by atoms with van der Waals surface area (Å²) in [5.41, 5.74) is 1.87. The zero-order valence-corrected chi connectivity index (χ0v) is 10.1. The summed E-state index contributed by atoms with van der Waals surface area (Å²) in [5, 5.41) is 6.57. The highest BCUT2D eigenvalue weighted by Gasteiger charge is 1.97. The van der Waals surface area contributed by atoms with Gasteiger partial charge in [-0.05, 0) is 31.6 Å². The maximum absolute atomic E-state index is 4.50.